The lowest BCUT2D eigenvalue weighted by Crippen LogP contribution is -2.43. The molecule has 0 aromatic carbocycles. The molecule has 3 heterocycles. The Morgan fingerprint density at radius 2 is 2.17 bits per heavy atom. The molecule has 1 saturated heterocycles. The first-order chi connectivity index (χ1) is 11.1. The summed E-state index contributed by atoms with van der Waals surface area (Å²) in [6.07, 6.45) is 1.64. The number of amides is 2. The largest absolute Gasteiger partial charge is 0.337 e. The summed E-state index contributed by atoms with van der Waals surface area (Å²) in [5, 5.41) is 4.75. The summed E-state index contributed by atoms with van der Waals surface area (Å²) in [6, 6.07) is 9.23. The van der Waals surface area contributed by atoms with Gasteiger partial charge in [-0.25, -0.2) is 4.98 Å². The number of rotatable bonds is 3. The molecule has 120 valence electrons. The Balaban J connectivity index is 1.64. The van der Waals surface area contributed by atoms with Gasteiger partial charge in [0.05, 0.1) is 10.8 Å². The van der Waals surface area contributed by atoms with Crippen molar-refractivity contribution in [1.29, 1.82) is 0 Å². The molecule has 2 amide bonds. The Hall–Kier alpha value is -2.21. The van der Waals surface area contributed by atoms with E-state index in [4.69, 9.17) is 0 Å². The van der Waals surface area contributed by atoms with Gasteiger partial charge in [0, 0.05) is 18.8 Å². The molecule has 2 aromatic rings. The van der Waals surface area contributed by atoms with Crippen LogP contribution >= 0.6 is 11.3 Å². The molecule has 6 heteroatoms. The number of likely N-dealkylation sites (tertiary alicyclic amines) is 1. The molecule has 0 radical (unpaired) electrons. The average Bonchev–Trinajstić information content (AvgIpc) is 3.09. The van der Waals surface area contributed by atoms with Crippen LogP contribution in [0, 0.1) is 12.8 Å². The number of piperidine rings is 1. The smallest absolute Gasteiger partial charge is 0.263 e. The highest BCUT2D eigenvalue weighted by atomic mass is 32.1. The van der Waals surface area contributed by atoms with Crippen LogP contribution < -0.4 is 5.32 Å². The van der Waals surface area contributed by atoms with Gasteiger partial charge in [-0.15, -0.1) is 11.3 Å². The van der Waals surface area contributed by atoms with Gasteiger partial charge in [-0.2, -0.15) is 0 Å². The highest BCUT2D eigenvalue weighted by molar-refractivity contribution is 7.12. The van der Waals surface area contributed by atoms with E-state index in [0.717, 1.165) is 23.4 Å². The Kier molecular flexibility index (Phi) is 4.71. The number of nitrogens with one attached hydrogen (secondary N) is 1. The maximum absolute atomic E-state index is 12.4. The summed E-state index contributed by atoms with van der Waals surface area (Å²) < 4.78 is 0. The summed E-state index contributed by atoms with van der Waals surface area (Å²) in [7, 11) is 0. The van der Waals surface area contributed by atoms with Crippen molar-refractivity contribution >= 4 is 29.0 Å². The zero-order valence-corrected chi connectivity index (χ0v) is 13.8. The minimum absolute atomic E-state index is 0.0196. The first kappa shape index (κ1) is 15.7. The highest BCUT2D eigenvalue weighted by Gasteiger charge is 2.29. The Bertz CT molecular complexity index is 700. The van der Waals surface area contributed by atoms with E-state index in [2.05, 4.69) is 10.3 Å². The summed E-state index contributed by atoms with van der Waals surface area (Å²) >= 11 is 1.44. The van der Waals surface area contributed by atoms with Crippen molar-refractivity contribution in [2.45, 2.75) is 19.8 Å². The molecule has 1 N–H and O–H groups in total. The van der Waals surface area contributed by atoms with Crippen LogP contribution in [-0.4, -0.2) is 34.8 Å². The van der Waals surface area contributed by atoms with E-state index in [1.807, 2.05) is 36.6 Å². The molecule has 1 atom stereocenters. The SMILES string of the molecule is Cc1cccc(NC(=O)C2CCCN(C(=O)c3cccs3)C2)n1. The third kappa shape index (κ3) is 3.76. The second kappa shape index (κ2) is 6.91. The summed E-state index contributed by atoms with van der Waals surface area (Å²) in [5.74, 6) is 0.338. The van der Waals surface area contributed by atoms with Gasteiger partial charge in [-0.1, -0.05) is 12.1 Å². The van der Waals surface area contributed by atoms with Gasteiger partial charge in [0.1, 0.15) is 5.82 Å². The molecular formula is C17H19N3O2S. The van der Waals surface area contributed by atoms with Gasteiger partial charge in [-0.3, -0.25) is 9.59 Å². The van der Waals surface area contributed by atoms with Gasteiger partial charge >= 0.3 is 0 Å². The number of hydrogen-bond acceptors (Lipinski definition) is 4. The number of aromatic nitrogens is 1. The topological polar surface area (TPSA) is 62.3 Å². The molecule has 0 aliphatic carbocycles. The molecule has 3 rings (SSSR count). The van der Waals surface area contributed by atoms with Gasteiger partial charge < -0.3 is 10.2 Å². The summed E-state index contributed by atoms with van der Waals surface area (Å²) in [6.45, 7) is 3.06. The minimum Gasteiger partial charge on any atom is -0.337 e. The van der Waals surface area contributed by atoms with Crippen LogP contribution in [-0.2, 0) is 4.79 Å². The van der Waals surface area contributed by atoms with Crippen molar-refractivity contribution in [2.24, 2.45) is 5.92 Å². The van der Waals surface area contributed by atoms with Gasteiger partial charge in [0.2, 0.25) is 5.91 Å². The fraction of sp³-hybridized carbons (Fsp3) is 0.353. The standard InChI is InChI=1S/C17H19N3O2S/c1-12-5-2-8-15(18-12)19-16(21)13-6-3-9-20(11-13)17(22)14-7-4-10-23-14/h2,4-5,7-8,10,13H,3,6,9,11H2,1H3,(H,18,19,21). The maximum Gasteiger partial charge on any atom is 0.263 e. The Labute approximate surface area is 139 Å². The maximum atomic E-state index is 12.4. The predicted octanol–water partition coefficient (Wildman–Crippen LogP) is 2.94. The average molecular weight is 329 g/mol. The van der Waals surface area contributed by atoms with Crippen LogP contribution in [0.4, 0.5) is 5.82 Å². The predicted molar refractivity (Wildman–Crippen MR) is 90.6 cm³/mol. The van der Waals surface area contributed by atoms with Crippen LogP contribution in [0.5, 0.6) is 0 Å². The normalized spacial score (nSPS) is 17.8. The molecule has 1 unspecified atom stereocenters. The van der Waals surface area contributed by atoms with Gasteiger partial charge in [0.25, 0.3) is 5.91 Å². The van der Waals surface area contributed by atoms with E-state index >= 15 is 0 Å². The highest BCUT2D eigenvalue weighted by Crippen LogP contribution is 2.21. The molecule has 1 aliphatic heterocycles. The van der Waals surface area contributed by atoms with E-state index in [9.17, 15) is 9.59 Å². The second-order valence-corrected chi connectivity index (χ2v) is 6.67. The second-order valence-electron chi connectivity index (χ2n) is 5.72. The van der Waals surface area contributed by atoms with Crippen LogP contribution in [0.1, 0.15) is 28.2 Å². The third-order valence-electron chi connectivity index (χ3n) is 3.95. The van der Waals surface area contributed by atoms with Crippen LogP contribution in [0.25, 0.3) is 0 Å². The molecular weight excluding hydrogens is 310 g/mol. The Morgan fingerprint density at radius 3 is 2.91 bits per heavy atom. The van der Waals surface area contributed by atoms with Crippen LogP contribution in [0.3, 0.4) is 0 Å². The first-order valence-electron chi connectivity index (χ1n) is 7.71. The van der Waals surface area contributed by atoms with Crippen LogP contribution in [0.15, 0.2) is 35.7 Å². The number of pyridine rings is 1. The number of aryl methyl sites for hydroxylation is 1. The van der Waals surface area contributed by atoms with E-state index in [1.54, 1.807) is 11.0 Å². The van der Waals surface area contributed by atoms with E-state index in [0.29, 0.717) is 18.9 Å². The van der Waals surface area contributed by atoms with Gasteiger partial charge in [0.15, 0.2) is 0 Å². The summed E-state index contributed by atoms with van der Waals surface area (Å²) in [4.78, 5) is 31.7. The fourth-order valence-electron chi connectivity index (χ4n) is 2.77. The Morgan fingerprint density at radius 1 is 1.30 bits per heavy atom. The third-order valence-corrected chi connectivity index (χ3v) is 4.81. The zero-order valence-electron chi connectivity index (χ0n) is 13.0. The van der Waals surface area contributed by atoms with Crippen molar-refractivity contribution in [3.63, 3.8) is 0 Å². The zero-order chi connectivity index (χ0) is 16.2. The quantitative estimate of drug-likeness (QED) is 0.942. The van der Waals surface area contributed by atoms with Crippen molar-refractivity contribution in [3.05, 3.63) is 46.3 Å². The van der Waals surface area contributed by atoms with Crippen molar-refractivity contribution in [3.8, 4) is 0 Å². The monoisotopic (exact) mass is 329 g/mol. The first-order valence-corrected chi connectivity index (χ1v) is 8.59. The lowest BCUT2D eigenvalue weighted by molar-refractivity contribution is -0.121. The minimum atomic E-state index is -0.185. The van der Waals surface area contributed by atoms with E-state index in [1.165, 1.54) is 11.3 Å². The number of hydrogen-bond donors (Lipinski definition) is 1. The molecule has 0 saturated carbocycles. The van der Waals surface area contributed by atoms with Gasteiger partial charge in [-0.05, 0) is 43.3 Å². The number of thiophene rings is 1. The number of carbonyl (C=O) groups excluding carboxylic acids is 2. The fourth-order valence-corrected chi connectivity index (χ4v) is 3.46. The molecule has 0 spiro atoms. The van der Waals surface area contributed by atoms with Crippen molar-refractivity contribution < 1.29 is 9.59 Å². The number of anilines is 1. The van der Waals surface area contributed by atoms with Crippen molar-refractivity contribution in [1.82, 2.24) is 9.88 Å². The number of nitrogens with zero attached hydrogens (tertiary/aromatic N) is 2. The molecule has 1 aliphatic rings. The molecule has 23 heavy (non-hydrogen) atoms. The molecule has 1 fully saturated rings. The molecule has 0 bridgehead atoms. The molecule has 5 nitrogen and oxygen atoms in total. The molecule has 2 aromatic heterocycles. The lowest BCUT2D eigenvalue weighted by Gasteiger charge is -2.31. The van der Waals surface area contributed by atoms with E-state index in [-0.39, 0.29) is 17.7 Å². The number of carbonyl (C=O) groups is 2. The van der Waals surface area contributed by atoms with Crippen LogP contribution in [0.2, 0.25) is 0 Å². The van der Waals surface area contributed by atoms with E-state index < -0.39 is 0 Å². The summed E-state index contributed by atoms with van der Waals surface area (Å²) in [5.41, 5.74) is 0.862. The lowest BCUT2D eigenvalue weighted by atomic mass is 9.97. The van der Waals surface area contributed by atoms with Crippen molar-refractivity contribution in [2.75, 3.05) is 18.4 Å².